The number of anilines is 2. The van der Waals surface area contributed by atoms with Crippen molar-refractivity contribution in [2.75, 3.05) is 25.0 Å². The maximum Gasteiger partial charge on any atom is 0.410 e. The van der Waals surface area contributed by atoms with Crippen LogP contribution in [0.4, 0.5) is 16.4 Å². The zero-order chi connectivity index (χ0) is 27.2. The largest absolute Gasteiger partial charge is 0.470 e. The number of amides is 1. The first-order valence-electron chi connectivity index (χ1n) is 12.7. The number of pyridine rings is 3. The van der Waals surface area contributed by atoms with Gasteiger partial charge in [-0.25, -0.2) is 24.5 Å². The Kier molecular flexibility index (Phi) is 6.56. The van der Waals surface area contributed by atoms with Crippen LogP contribution < -0.4 is 15.8 Å². The summed E-state index contributed by atoms with van der Waals surface area (Å²) in [5.41, 5.74) is 7.81. The van der Waals surface area contributed by atoms with E-state index in [2.05, 4.69) is 15.3 Å². The Labute approximate surface area is 220 Å². The normalized spacial score (nSPS) is 19.4. The molecule has 5 rings (SSSR count). The van der Waals surface area contributed by atoms with Crippen LogP contribution >= 0.6 is 0 Å². The molecular weight excluding hydrogens is 488 g/mol. The molecule has 2 aliphatic rings. The van der Waals surface area contributed by atoms with Crippen LogP contribution in [0.5, 0.6) is 5.88 Å². The molecule has 0 spiro atoms. The standard InChI is InChI=1S/C27H32N6O5/c1-6-36-26(35)33-12-16(13-33)38-24-19-10-29-22(9-18(19)20(11-30-24)27(4,5)28)31-21-8-7-17-23(32-21)14(2)15(3)37-25(17)34/h7-11,14-16H,6,12-13,28H2,1-5H3,(H,29,31,32)/t14-,15-/m0/s1. The highest BCUT2D eigenvalue weighted by atomic mass is 16.6. The molecule has 0 aliphatic carbocycles. The number of nitrogens with two attached hydrogens (primary N) is 1. The van der Waals surface area contributed by atoms with E-state index in [1.165, 1.54) is 0 Å². The predicted molar refractivity (Wildman–Crippen MR) is 141 cm³/mol. The van der Waals surface area contributed by atoms with Crippen molar-refractivity contribution >= 4 is 34.5 Å². The van der Waals surface area contributed by atoms with Gasteiger partial charge in [0, 0.05) is 23.9 Å². The molecule has 0 aromatic carbocycles. The predicted octanol–water partition coefficient (Wildman–Crippen LogP) is 3.84. The first-order chi connectivity index (χ1) is 18.0. The minimum absolute atomic E-state index is 0.0318. The van der Waals surface area contributed by atoms with Crippen molar-refractivity contribution in [3.63, 3.8) is 0 Å². The zero-order valence-electron chi connectivity index (χ0n) is 22.1. The highest BCUT2D eigenvalue weighted by Crippen LogP contribution is 2.35. The van der Waals surface area contributed by atoms with E-state index in [-0.39, 0.29) is 30.2 Å². The number of esters is 1. The van der Waals surface area contributed by atoms with Crippen LogP contribution in [0, 0.1) is 0 Å². The highest BCUT2D eigenvalue weighted by Gasteiger charge is 2.34. The number of hydrogen-bond acceptors (Lipinski definition) is 10. The van der Waals surface area contributed by atoms with E-state index in [0.29, 0.717) is 53.9 Å². The second-order valence-corrected chi connectivity index (χ2v) is 10.3. The monoisotopic (exact) mass is 520 g/mol. The average molecular weight is 521 g/mol. The summed E-state index contributed by atoms with van der Waals surface area (Å²) in [6, 6.07) is 5.34. The number of fused-ring (bicyclic) bond motifs is 2. The molecule has 0 saturated carbocycles. The molecule has 1 saturated heterocycles. The summed E-state index contributed by atoms with van der Waals surface area (Å²) in [7, 11) is 0. The number of cyclic esters (lactones) is 1. The van der Waals surface area contributed by atoms with Crippen molar-refractivity contribution in [1.82, 2.24) is 19.9 Å². The lowest BCUT2D eigenvalue weighted by molar-refractivity contribution is 0.0114. The molecule has 2 aliphatic heterocycles. The third-order valence-corrected chi connectivity index (χ3v) is 6.91. The molecule has 0 bridgehead atoms. The molecule has 1 amide bonds. The number of nitrogens with one attached hydrogen (secondary N) is 1. The maximum absolute atomic E-state index is 12.3. The molecule has 3 aromatic heterocycles. The summed E-state index contributed by atoms with van der Waals surface area (Å²) in [5.74, 6) is 1.16. The number of nitrogens with zero attached hydrogens (tertiary/aromatic N) is 4. The van der Waals surface area contributed by atoms with Gasteiger partial charge in [0.2, 0.25) is 5.88 Å². The minimum Gasteiger partial charge on any atom is -0.470 e. The number of ether oxygens (including phenoxy) is 3. The van der Waals surface area contributed by atoms with Gasteiger partial charge in [0.25, 0.3) is 0 Å². The number of aromatic nitrogens is 3. The zero-order valence-corrected chi connectivity index (χ0v) is 22.1. The number of likely N-dealkylation sites (tertiary alicyclic amines) is 1. The van der Waals surface area contributed by atoms with Crippen molar-refractivity contribution in [2.45, 2.75) is 58.3 Å². The Morgan fingerprint density at radius 2 is 1.95 bits per heavy atom. The van der Waals surface area contributed by atoms with Crippen LogP contribution in [0.3, 0.4) is 0 Å². The van der Waals surface area contributed by atoms with Gasteiger partial charge in [-0.05, 0) is 56.8 Å². The Morgan fingerprint density at radius 3 is 2.66 bits per heavy atom. The fourth-order valence-electron chi connectivity index (χ4n) is 4.57. The molecule has 11 nitrogen and oxygen atoms in total. The number of rotatable bonds is 6. The molecular formula is C27H32N6O5. The topological polar surface area (TPSA) is 142 Å². The molecule has 0 unspecified atom stereocenters. The van der Waals surface area contributed by atoms with E-state index < -0.39 is 5.54 Å². The smallest absolute Gasteiger partial charge is 0.410 e. The molecule has 200 valence electrons. The Balaban J connectivity index is 1.43. The van der Waals surface area contributed by atoms with Gasteiger partial charge in [-0.2, -0.15) is 0 Å². The summed E-state index contributed by atoms with van der Waals surface area (Å²) in [6.45, 7) is 10.6. The highest BCUT2D eigenvalue weighted by molar-refractivity contribution is 5.93. The second kappa shape index (κ2) is 9.71. The van der Waals surface area contributed by atoms with Crippen molar-refractivity contribution in [2.24, 2.45) is 5.73 Å². The van der Waals surface area contributed by atoms with E-state index in [9.17, 15) is 9.59 Å². The molecule has 38 heavy (non-hydrogen) atoms. The number of carbonyl (C=O) groups excluding carboxylic acids is 2. The molecule has 11 heteroatoms. The minimum atomic E-state index is -0.671. The van der Waals surface area contributed by atoms with E-state index in [1.807, 2.05) is 33.8 Å². The van der Waals surface area contributed by atoms with E-state index in [1.54, 1.807) is 36.4 Å². The van der Waals surface area contributed by atoms with Crippen LogP contribution in [-0.2, 0) is 15.0 Å². The van der Waals surface area contributed by atoms with Gasteiger partial charge in [-0.15, -0.1) is 0 Å². The fourth-order valence-corrected chi connectivity index (χ4v) is 4.57. The number of carbonyl (C=O) groups is 2. The summed E-state index contributed by atoms with van der Waals surface area (Å²) in [5, 5.41) is 4.80. The molecule has 1 fully saturated rings. The van der Waals surface area contributed by atoms with Crippen molar-refractivity contribution in [3.05, 3.63) is 47.4 Å². The summed E-state index contributed by atoms with van der Waals surface area (Å²) in [6.07, 6.45) is 2.61. The molecule has 0 radical (unpaired) electrons. The third kappa shape index (κ3) is 4.81. The van der Waals surface area contributed by atoms with Crippen LogP contribution in [0.2, 0.25) is 0 Å². The lowest BCUT2D eigenvalue weighted by atomic mass is 9.93. The van der Waals surface area contributed by atoms with Crippen LogP contribution in [0.25, 0.3) is 10.8 Å². The Bertz CT molecular complexity index is 1400. The van der Waals surface area contributed by atoms with Crippen LogP contribution in [-0.4, -0.2) is 63.8 Å². The van der Waals surface area contributed by atoms with E-state index in [0.717, 1.165) is 10.9 Å². The van der Waals surface area contributed by atoms with Gasteiger partial charge in [0.05, 0.1) is 36.3 Å². The Morgan fingerprint density at radius 1 is 1.18 bits per heavy atom. The third-order valence-electron chi connectivity index (χ3n) is 6.91. The molecule has 3 N–H and O–H groups in total. The maximum atomic E-state index is 12.3. The quantitative estimate of drug-likeness (QED) is 0.460. The van der Waals surface area contributed by atoms with Gasteiger partial charge < -0.3 is 30.2 Å². The fraction of sp³-hybridized carbons (Fsp3) is 0.444. The van der Waals surface area contributed by atoms with Crippen molar-refractivity contribution in [1.29, 1.82) is 0 Å². The molecule has 2 atom stereocenters. The van der Waals surface area contributed by atoms with Crippen LogP contribution in [0.15, 0.2) is 30.6 Å². The SMILES string of the molecule is CCOC(=O)N1CC(Oc2ncc(C(C)(C)N)c3cc(Nc4ccc5c(n4)[C@@H](C)[C@H](C)OC5=O)ncc23)C1. The first-order valence-corrected chi connectivity index (χ1v) is 12.7. The lowest BCUT2D eigenvalue weighted by Crippen LogP contribution is -2.56. The Hall–Kier alpha value is -3.99. The molecule has 3 aromatic rings. The van der Waals surface area contributed by atoms with Gasteiger partial charge >= 0.3 is 12.1 Å². The van der Waals surface area contributed by atoms with Gasteiger partial charge in [0.1, 0.15) is 23.8 Å². The lowest BCUT2D eigenvalue weighted by Gasteiger charge is -2.37. The number of hydrogen-bond donors (Lipinski definition) is 2. The van der Waals surface area contributed by atoms with Gasteiger partial charge in [-0.1, -0.05) is 6.92 Å². The summed E-state index contributed by atoms with van der Waals surface area (Å²) >= 11 is 0. The average Bonchev–Trinajstić information content (AvgIpc) is 2.83. The van der Waals surface area contributed by atoms with E-state index >= 15 is 0 Å². The van der Waals surface area contributed by atoms with Gasteiger partial charge in [0.15, 0.2) is 0 Å². The first kappa shape index (κ1) is 25.7. The van der Waals surface area contributed by atoms with E-state index in [4.69, 9.17) is 24.9 Å². The summed E-state index contributed by atoms with van der Waals surface area (Å²) < 4.78 is 16.5. The van der Waals surface area contributed by atoms with Crippen molar-refractivity contribution < 1.29 is 23.8 Å². The summed E-state index contributed by atoms with van der Waals surface area (Å²) in [4.78, 5) is 39.5. The van der Waals surface area contributed by atoms with Crippen LogP contribution in [0.1, 0.15) is 62.2 Å². The second-order valence-electron chi connectivity index (χ2n) is 10.3. The molecule has 5 heterocycles. The van der Waals surface area contributed by atoms with Crippen molar-refractivity contribution in [3.8, 4) is 5.88 Å². The van der Waals surface area contributed by atoms with Gasteiger partial charge in [-0.3, -0.25) is 0 Å².